The van der Waals surface area contributed by atoms with Gasteiger partial charge in [0.25, 0.3) is 0 Å². The van der Waals surface area contributed by atoms with E-state index >= 15 is 0 Å². The number of hydrogen-bond donors (Lipinski definition) is 2. The number of amides is 1. The molecule has 13 heavy (non-hydrogen) atoms. The van der Waals surface area contributed by atoms with Gasteiger partial charge in [-0.25, -0.2) is 4.79 Å². The van der Waals surface area contributed by atoms with Gasteiger partial charge < -0.3 is 10.8 Å². The molecule has 0 aliphatic heterocycles. The standard InChI is InChI=1S/C8H6NO4/c9-7(11)4-1-5(8(12)13)3-6(10)2-4/h1-3H,(H2,9,11)(H,12,13). The predicted molar refractivity (Wildman–Crippen MR) is 42.1 cm³/mol. The summed E-state index contributed by atoms with van der Waals surface area (Å²) in [5, 5.41) is 19.4. The molecule has 0 aliphatic rings. The van der Waals surface area contributed by atoms with Crippen molar-refractivity contribution in [2.24, 2.45) is 5.73 Å². The SMILES string of the molecule is NC(=O)c1cc([O])cc(C(=O)O)c1. The van der Waals surface area contributed by atoms with Crippen LogP contribution in [0.2, 0.25) is 0 Å². The van der Waals surface area contributed by atoms with Crippen LogP contribution in [0, 0.1) is 0 Å². The van der Waals surface area contributed by atoms with E-state index in [1.165, 1.54) is 0 Å². The first-order valence-corrected chi connectivity index (χ1v) is 3.36. The molecule has 1 amide bonds. The molecule has 1 aromatic rings. The van der Waals surface area contributed by atoms with Crippen LogP contribution >= 0.6 is 0 Å². The maximum atomic E-state index is 10.8. The largest absolute Gasteiger partial charge is 0.478 e. The lowest BCUT2D eigenvalue weighted by molar-refractivity contribution is 0.0696. The maximum Gasteiger partial charge on any atom is 0.335 e. The highest BCUT2D eigenvalue weighted by atomic mass is 16.4. The van der Waals surface area contributed by atoms with E-state index < -0.39 is 17.6 Å². The highest BCUT2D eigenvalue weighted by Gasteiger charge is 2.10. The second-order valence-corrected chi connectivity index (χ2v) is 2.42. The van der Waals surface area contributed by atoms with Crippen molar-refractivity contribution in [2.45, 2.75) is 0 Å². The molecule has 0 atom stereocenters. The van der Waals surface area contributed by atoms with Crippen molar-refractivity contribution in [3.8, 4) is 5.75 Å². The summed E-state index contributed by atoms with van der Waals surface area (Å²) in [5.41, 5.74) is 4.55. The lowest BCUT2D eigenvalue weighted by Crippen LogP contribution is -2.11. The first-order valence-electron chi connectivity index (χ1n) is 3.36. The molecular formula is C8H6NO4. The van der Waals surface area contributed by atoms with Crippen LogP contribution in [0.1, 0.15) is 20.7 Å². The number of primary amides is 1. The van der Waals surface area contributed by atoms with E-state index in [-0.39, 0.29) is 11.1 Å². The average Bonchev–Trinajstić information content (AvgIpc) is 2.03. The second-order valence-electron chi connectivity index (χ2n) is 2.42. The fourth-order valence-corrected chi connectivity index (χ4v) is 0.865. The summed E-state index contributed by atoms with van der Waals surface area (Å²) in [6.45, 7) is 0. The topological polar surface area (TPSA) is 100 Å². The molecule has 1 aromatic carbocycles. The number of aromatic carboxylic acids is 1. The molecule has 1 radical (unpaired) electrons. The summed E-state index contributed by atoms with van der Waals surface area (Å²) in [6, 6.07) is 2.98. The normalized spacial score (nSPS) is 9.54. The quantitative estimate of drug-likeness (QED) is 0.697. The van der Waals surface area contributed by atoms with Gasteiger partial charge in [0, 0.05) is 5.56 Å². The van der Waals surface area contributed by atoms with Crippen LogP contribution in [-0.4, -0.2) is 17.0 Å². The number of carboxylic acid groups (broad SMARTS) is 1. The zero-order valence-corrected chi connectivity index (χ0v) is 6.48. The van der Waals surface area contributed by atoms with Crippen LogP contribution in [0.5, 0.6) is 5.75 Å². The first kappa shape index (κ1) is 9.05. The highest BCUT2D eigenvalue weighted by Crippen LogP contribution is 2.15. The lowest BCUT2D eigenvalue weighted by atomic mass is 10.1. The van der Waals surface area contributed by atoms with Gasteiger partial charge in [-0.2, -0.15) is 0 Å². The second kappa shape index (κ2) is 3.14. The summed E-state index contributed by atoms with van der Waals surface area (Å²) in [6.07, 6.45) is 0. The molecule has 0 bridgehead atoms. The Morgan fingerprint density at radius 3 is 2.15 bits per heavy atom. The fourth-order valence-electron chi connectivity index (χ4n) is 0.865. The number of carboxylic acids is 1. The van der Waals surface area contributed by atoms with E-state index in [4.69, 9.17) is 10.8 Å². The Kier molecular flexibility index (Phi) is 2.19. The van der Waals surface area contributed by atoms with Gasteiger partial charge in [0.05, 0.1) is 5.56 Å². The van der Waals surface area contributed by atoms with Gasteiger partial charge in [0.15, 0.2) is 5.75 Å². The van der Waals surface area contributed by atoms with E-state index in [9.17, 15) is 14.7 Å². The Balaban J connectivity index is 3.26. The molecule has 67 valence electrons. The fraction of sp³-hybridized carbons (Fsp3) is 0. The zero-order valence-electron chi connectivity index (χ0n) is 6.48. The predicted octanol–water partition coefficient (Wildman–Crippen LogP) is 0.627. The van der Waals surface area contributed by atoms with Crippen molar-refractivity contribution < 1.29 is 19.8 Å². The minimum Gasteiger partial charge on any atom is -0.478 e. The van der Waals surface area contributed by atoms with E-state index in [0.29, 0.717) is 0 Å². The van der Waals surface area contributed by atoms with Crippen molar-refractivity contribution in [1.82, 2.24) is 0 Å². The number of hydrogen-bond acceptors (Lipinski definition) is 2. The summed E-state index contributed by atoms with van der Waals surface area (Å²) in [5.74, 6) is -2.63. The molecule has 0 aromatic heterocycles. The Bertz CT molecular complexity index is 340. The van der Waals surface area contributed by atoms with E-state index in [0.717, 1.165) is 18.2 Å². The number of rotatable bonds is 2. The van der Waals surface area contributed by atoms with Gasteiger partial charge in [-0.1, -0.05) is 0 Å². The van der Waals surface area contributed by atoms with Gasteiger partial charge in [-0.05, 0) is 18.2 Å². The molecular weight excluding hydrogens is 174 g/mol. The van der Waals surface area contributed by atoms with Crippen molar-refractivity contribution >= 4 is 11.9 Å². The van der Waals surface area contributed by atoms with Crippen LogP contribution in [0.3, 0.4) is 0 Å². The van der Waals surface area contributed by atoms with Crippen molar-refractivity contribution in [3.63, 3.8) is 0 Å². The zero-order chi connectivity index (χ0) is 10.0. The highest BCUT2D eigenvalue weighted by molar-refractivity contribution is 5.97. The van der Waals surface area contributed by atoms with Gasteiger partial charge >= 0.3 is 5.97 Å². The van der Waals surface area contributed by atoms with Gasteiger partial charge in [-0.15, -0.1) is 0 Å². The van der Waals surface area contributed by atoms with Gasteiger partial charge in [0.1, 0.15) is 0 Å². The van der Waals surface area contributed by atoms with Crippen LogP contribution in [0.25, 0.3) is 0 Å². The molecule has 0 heterocycles. The third-order valence-electron chi connectivity index (χ3n) is 1.44. The van der Waals surface area contributed by atoms with Crippen molar-refractivity contribution in [2.75, 3.05) is 0 Å². The Hall–Kier alpha value is -2.04. The maximum absolute atomic E-state index is 10.8. The summed E-state index contributed by atoms with van der Waals surface area (Å²) in [7, 11) is 0. The third-order valence-corrected chi connectivity index (χ3v) is 1.44. The molecule has 0 fully saturated rings. The number of carbonyl (C=O) groups excluding carboxylic acids is 1. The average molecular weight is 180 g/mol. The Morgan fingerprint density at radius 1 is 1.15 bits per heavy atom. The number of benzene rings is 1. The lowest BCUT2D eigenvalue weighted by Gasteiger charge is -1.98. The number of nitrogens with two attached hydrogens (primary N) is 1. The molecule has 1 rings (SSSR count). The monoisotopic (exact) mass is 180 g/mol. The molecule has 0 aliphatic carbocycles. The molecule has 0 spiro atoms. The molecule has 3 N–H and O–H groups in total. The molecule has 0 saturated carbocycles. The first-order chi connectivity index (χ1) is 6.00. The number of carbonyl (C=O) groups is 2. The van der Waals surface area contributed by atoms with Crippen molar-refractivity contribution in [1.29, 1.82) is 0 Å². The van der Waals surface area contributed by atoms with E-state index in [2.05, 4.69) is 0 Å². The summed E-state index contributed by atoms with van der Waals surface area (Å²) in [4.78, 5) is 21.1. The molecule has 5 nitrogen and oxygen atoms in total. The van der Waals surface area contributed by atoms with Gasteiger partial charge in [-0.3, -0.25) is 9.90 Å². The van der Waals surface area contributed by atoms with Crippen molar-refractivity contribution in [3.05, 3.63) is 29.3 Å². The Labute approximate surface area is 73.4 Å². The van der Waals surface area contributed by atoms with E-state index in [1.54, 1.807) is 0 Å². The van der Waals surface area contributed by atoms with Crippen LogP contribution in [-0.2, 0) is 5.11 Å². The van der Waals surface area contributed by atoms with E-state index in [1.807, 2.05) is 0 Å². The van der Waals surface area contributed by atoms with Crippen LogP contribution < -0.4 is 5.73 Å². The molecule has 0 saturated heterocycles. The summed E-state index contributed by atoms with van der Waals surface area (Å²) >= 11 is 0. The molecule has 0 unspecified atom stereocenters. The third kappa shape index (κ3) is 1.96. The molecule has 5 heteroatoms. The van der Waals surface area contributed by atoms with Crippen LogP contribution in [0.4, 0.5) is 0 Å². The van der Waals surface area contributed by atoms with Gasteiger partial charge in [0.2, 0.25) is 5.91 Å². The smallest absolute Gasteiger partial charge is 0.335 e. The minimum atomic E-state index is -1.26. The Morgan fingerprint density at radius 2 is 1.69 bits per heavy atom. The minimum absolute atomic E-state index is 0.0927. The summed E-state index contributed by atoms with van der Waals surface area (Å²) < 4.78 is 0. The van der Waals surface area contributed by atoms with Crippen LogP contribution in [0.15, 0.2) is 18.2 Å².